The first kappa shape index (κ1) is 11.4. The molecule has 0 bridgehead atoms. The third kappa shape index (κ3) is 1.41. The van der Waals surface area contributed by atoms with Gasteiger partial charge in [-0.2, -0.15) is 0 Å². The van der Waals surface area contributed by atoms with E-state index in [0.717, 1.165) is 6.42 Å². The maximum Gasteiger partial charge on any atom is 0.151 e. The van der Waals surface area contributed by atoms with Crippen LogP contribution < -0.4 is 0 Å². The molecule has 2 atom stereocenters. The average Bonchev–Trinajstić information content (AvgIpc) is 2.09. The zero-order chi connectivity index (χ0) is 11.1. The Morgan fingerprint density at radius 2 is 1.86 bits per heavy atom. The number of hydrogen-bond donors (Lipinski definition) is 0. The Morgan fingerprint density at radius 1 is 1.36 bits per heavy atom. The highest BCUT2D eigenvalue weighted by atomic mass is 16.2. The molecule has 0 amide bonds. The largest absolute Gasteiger partial charge is 0.299 e. The number of rotatable bonds is 1. The van der Waals surface area contributed by atoms with Crippen LogP contribution in [0, 0.1) is 16.7 Å². The molecule has 1 fully saturated rings. The van der Waals surface area contributed by atoms with Crippen molar-refractivity contribution >= 4 is 11.6 Å². The van der Waals surface area contributed by atoms with Gasteiger partial charge in [-0.05, 0) is 32.6 Å². The molecule has 0 aromatic carbocycles. The average molecular weight is 196 g/mol. The summed E-state index contributed by atoms with van der Waals surface area (Å²) in [5, 5.41) is 0. The summed E-state index contributed by atoms with van der Waals surface area (Å²) in [6.45, 7) is 9.34. The van der Waals surface area contributed by atoms with Crippen LogP contribution in [0.25, 0.3) is 0 Å². The minimum Gasteiger partial charge on any atom is -0.299 e. The quantitative estimate of drug-likeness (QED) is 0.604. The van der Waals surface area contributed by atoms with Crippen molar-refractivity contribution in [2.24, 2.45) is 16.7 Å². The summed E-state index contributed by atoms with van der Waals surface area (Å²) in [6.07, 6.45) is 1.68. The zero-order valence-corrected chi connectivity index (χ0v) is 9.81. The standard InChI is InChI=1S/C12H20O2/c1-8-6-7-12(5,9(2)13)10(14)11(8,3)4/h8H,6-7H2,1-5H3/t8-,12+/m0/s1. The van der Waals surface area contributed by atoms with Crippen molar-refractivity contribution in [2.45, 2.75) is 47.5 Å². The minimum absolute atomic E-state index is 0.0162. The Hall–Kier alpha value is -0.660. The van der Waals surface area contributed by atoms with Crippen LogP contribution in [0.2, 0.25) is 0 Å². The molecule has 0 unspecified atom stereocenters. The molecule has 0 aromatic rings. The topological polar surface area (TPSA) is 34.1 Å². The first-order chi connectivity index (χ1) is 6.23. The third-order valence-corrected chi connectivity index (χ3v) is 4.17. The van der Waals surface area contributed by atoms with Gasteiger partial charge in [-0.25, -0.2) is 0 Å². The Balaban J connectivity index is 3.08. The summed E-state index contributed by atoms with van der Waals surface area (Å²) in [6, 6.07) is 0. The van der Waals surface area contributed by atoms with Gasteiger partial charge in [-0.3, -0.25) is 9.59 Å². The van der Waals surface area contributed by atoms with Crippen LogP contribution in [-0.4, -0.2) is 11.6 Å². The van der Waals surface area contributed by atoms with E-state index in [1.165, 1.54) is 6.92 Å². The van der Waals surface area contributed by atoms with Crippen LogP contribution in [-0.2, 0) is 9.59 Å². The SMILES string of the molecule is CC(=O)[C@@]1(C)CC[C@H](C)C(C)(C)C1=O. The first-order valence-electron chi connectivity index (χ1n) is 5.29. The molecule has 0 N–H and O–H groups in total. The van der Waals surface area contributed by atoms with Gasteiger partial charge in [0.05, 0.1) is 5.41 Å². The fraction of sp³-hybridized carbons (Fsp3) is 0.833. The Labute approximate surface area is 86.1 Å². The maximum atomic E-state index is 12.2. The van der Waals surface area contributed by atoms with Gasteiger partial charge in [0.1, 0.15) is 5.78 Å². The molecule has 0 aliphatic heterocycles. The van der Waals surface area contributed by atoms with E-state index in [9.17, 15) is 9.59 Å². The number of Topliss-reactive ketones (excluding diaryl/α,β-unsaturated/α-hetero) is 2. The molecule has 1 aliphatic carbocycles. The molecule has 0 radical (unpaired) electrons. The van der Waals surface area contributed by atoms with E-state index in [-0.39, 0.29) is 17.0 Å². The van der Waals surface area contributed by atoms with Crippen molar-refractivity contribution in [2.75, 3.05) is 0 Å². The lowest BCUT2D eigenvalue weighted by molar-refractivity contribution is -0.151. The fourth-order valence-electron chi connectivity index (χ4n) is 2.25. The second kappa shape index (κ2) is 3.18. The smallest absolute Gasteiger partial charge is 0.151 e. The molecular formula is C12H20O2. The van der Waals surface area contributed by atoms with Crippen molar-refractivity contribution in [3.05, 3.63) is 0 Å². The van der Waals surface area contributed by atoms with Gasteiger partial charge in [0.15, 0.2) is 5.78 Å². The van der Waals surface area contributed by atoms with Crippen molar-refractivity contribution in [1.82, 2.24) is 0 Å². The summed E-state index contributed by atoms with van der Waals surface area (Å²) in [5.41, 5.74) is -1.07. The van der Waals surface area contributed by atoms with E-state index in [0.29, 0.717) is 12.3 Å². The second-order valence-corrected chi connectivity index (χ2v) is 5.38. The molecule has 14 heavy (non-hydrogen) atoms. The molecule has 0 heterocycles. The molecule has 80 valence electrons. The molecule has 1 aliphatic rings. The first-order valence-corrected chi connectivity index (χ1v) is 5.29. The van der Waals surface area contributed by atoms with Crippen LogP contribution in [0.15, 0.2) is 0 Å². The molecule has 1 saturated carbocycles. The van der Waals surface area contributed by atoms with Gasteiger partial charge in [0.25, 0.3) is 0 Å². The Morgan fingerprint density at radius 3 is 2.29 bits per heavy atom. The maximum absolute atomic E-state index is 12.2. The van der Waals surface area contributed by atoms with Gasteiger partial charge >= 0.3 is 0 Å². The number of carbonyl (C=O) groups excluding carboxylic acids is 2. The van der Waals surface area contributed by atoms with Crippen LogP contribution >= 0.6 is 0 Å². The van der Waals surface area contributed by atoms with Crippen molar-refractivity contribution in [3.8, 4) is 0 Å². The lowest BCUT2D eigenvalue weighted by Crippen LogP contribution is -2.50. The highest BCUT2D eigenvalue weighted by Crippen LogP contribution is 2.46. The number of carbonyl (C=O) groups is 2. The highest BCUT2D eigenvalue weighted by molar-refractivity contribution is 6.08. The summed E-state index contributed by atoms with van der Waals surface area (Å²) in [5.74, 6) is 0.515. The van der Waals surface area contributed by atoms with E-state index >= 15 is 0 Å². The number of ketones is 2. The van der Waals surface area contributed by atoms with E-state index in [4.69, 9.17) is 0 Å². The molecular weight excluding hydrogens is 176 g/mol. The van der Waals surface area contributed by atoms with Crippen molar-refractivity contribution in [1.29, 1.82) is 0 Å². The van der Waals surface area contributed by atoms with E-state index in [1.807, 2.05) is 13.8 Å². The normalized spacial score (nSPS) is 36.9. The van der Waals surface area contributed by atoms with Crippen LogP contribution in [0.5, 0.6) is 0 Å². The van der Waals surface area contributed by atoms with E-state index < -0.39 is 5.41 Å². The van der Waals surface area contributed by atoms with Gasteiger partial charge in [0.2, 0.25) is 0 Å². The molecule has 2 nitrogen and oxygen atoms in total. The van der Waals surface area contributed by atoms with Gasteiger partial charge in [-0.1, -0.05) is 20.8 Å². The summed E-state index contributed by atoms with van der Waals surface area (Å²) >= 11 is 0. The van der Waals surface area contributed by atoms with Gasteiger partial charge < -0.3 is 0 Å². The Kier molecular flexibility index (Phi) is 2.59. The third-order valence-electron chi connectivity index (χ3n) is 4.17. The van der Waals surface area contributed by atoms with E-state index in [1.54, 1.807) is 6.92 Å². The molecule has 1 rings (SSSR count). The molecule has 0 saturated heterocycles. The minimum atomic E-state index is -0.726. The summed E-state index contributed by atoms with van der Waals surface area (Å²) in [7, 11) is 0. The van der Waals surface area contributed by atoms with Gasteiger partial charge in [0, 0.05) is 5.41 Å². The van der Waals surface area contributed by atoms with Gasteiger partial charge in [-0.15, -0.1) is 0 Å². The fourth-order valence-corrected chi connectivity index (χ4v) is 2.25. The predicted molar refractivity (Wildman–Crippen MR) is 56.0 cm³/mol. The van der Waals surface area contributed by atoms with Crippen LogP contribution in [0.3, 0.4) is 0 Å². The summed E-state index contributed by atoms with van der Waals surface area (Å²) in [4.78, 5) is 23.7. The van der Waals surface area contributed by atoms with Crippen molar-refractivity contribution in [3.63, 3.8) is 0 Å². The van der Waals surface area contributed by atoms with Crippen LogP contribution in [0.4, 0.5) is 0 Å². The highest BCUT2D eigenvalue weighted by Gasteiger charge is 2.51. The number of hydrogen-bond acceptors (Lipinski definition) is 2. The monoisotopic (exact) mass is 196 g/mol. The molecule has 2 heteroatoms. The molecule has 0 spiro atoms. The predicted octanol–water partition coefficient (Wildman–Crippen LogP) is 2.61. The van der Waals surface area contributed by atoms with E-state index in [2.05, 4.69) is 6.92 Å². The lowest BCUT2D eigenvalue weighted by Gasteiger charge is -2.43. The summed E-state index contributed by atoms with van der Waals surface area (Å²) < 4.78 is 0. The van der Waals surface area contributed by atoms with Crippen LogP contribution in [0.1, 0.15) is 47.5 Å². The van der Waals surface area contributed by atoms with Crippen molar-refractivity contribution < 1.29 is 9.59 Å². The zero-order valence-electron chi connectivity index (χ0n) is 9.81. The lowest BCUT2D eigenvalue weighted by atomic mass is 9.58. The Bertz CT molecular complexity index is 278. The molecule has 0 aromatic heterocycles. The second-order valence-electron chi connectivity index (χ2n) is 5.38.